The molecule has 1 aliphatic rings. The molecule has 0 radical (unpaired) electrons. The number of rotatable bonds is 3. The summed E-state index contributed by atoms with van der Waals surface area (Å²) in [6, 6.07) is 5.52. The van der Waals surface area contributed by atoms with Crippen molar-refractivity contribution in [3.05, 3.63) is 41.1 Å². The number of aromatic nitrogens is 2. The number of hydrogen-bond acceptors (Lipinski definition) is 5. The molecule has 0 saturated heterocycles. The Morgan fingerprint density at radius 1 is 1.19 bits per heavy atom. The van der Waals surface area contributed by atoms with Gasteiger partial charge in [0.05, 0.1) is 16.1 Å². The normalized spacial score (nSPS) is 14.2. The summed E-state index contributed by atoms with van der Waals surface area (Å²) in [5.74, 6) is 2.08. The number of thioether (sulfide) groups is 1. The minimum absolute atomic E-state index is 0.0448. The molecule has 0 bridgehead atoms. The molecule has 9 heteroatoms. The van der Waals surface area contributed by atoms with Crippen LogP contribution in [0, 0.1) is 6.92 Å². The molecule has 1 aromatic heterocycles. The lowest BCUT2D eigenvalue weighted by Gasteiger charge is -2.23. The Bertz CT molecular complexity index is 942. The van der Waals surface area contributed by atoms with Crippen molar-refractivity contribution in [2.75, 3.05) is 5.32 Å². The SMILES string of the molecule is Cc1ccc(S(=O)(=O)NC(=O)Nc2c3c(nn2C(C)(C)C)CSC3)cc1. The van der Waals surface area contributed by atoms with Crippen molar-refractivity contribution >= 4 is 33.6 Å². The third-order valence-corrected chi connectivity index (χ3v) is 6.29. The van der Waals surface area contributed by atoms with Crippen LogP contribution in [0.5, 0.6) is 0 Å². The van der Waals surface area contributed by atoms with E-state index in [0.29, 0.717) is 5.82 Å². The highest BCUT2D eigenvalue weighted by Gasteiger charge is 2.29. The fourth-order valence-electron chi connectivity index (χ4n) is 2.66. The molecule has 2 amide bonds. The molecule has 0 aliphatic carbocycles. The number of fused-ring (bicyclic) bond motifs is 1. The number of amides is 2. The number of nitrogens with one attached hydrogen (secondary N) is 2. The van der Waals surface area contributed by atoms with Crippen molar-refractivity contribution in [3.8, 4) is 0 Å². The van der Waals surface area contributed by atoms with Gasteiger partial charge in [-0.1, -0.05) is 17.7 Å². The van der Waals surface area contributed by atoms with E-state index in [4.69, 9.17) is 0 Å². The van der Waals surface area contributed by atoms with E-state index < -0.39 is 16.1 Å². The van der Waals surface area contributed by atoms with Gasteiger partial charge in [0.2, 0.25) is 0 Å². The first-order chi connectivity index (χ1) is 12.1. The molecule has 0 saturated carbocycles. The van der Waals surface area contributed by atoms with Gasteiger partial charge in [-0.2, -0.15) is 16.9 Å². The largest absolute Gasteiger partial charge is 0.334 e. The van der Waals surface area contributed by atoms with Crippen LogP contribution in [0.4, 0.5) is 10.6 Å². The van der Waals surface area contributed by atoms with E-state index >= 15 is 0 Å². The summed E-state index contributed by atoms with van der Waals surface area (Å²) in [7, 11) is -3.94. The number of carbonyl (C=O) groups is 1. The minimum Gasteiger partial charge on any atom is -0.291 e. The van der Waals surface area contributed by atoms with Gasteiger partial charge in [-0.15, -0.1) is 0 Å². The van der Waals surface area contributed by atoms with Crippen LogP contribution in [-0.4, -0.2) is 24.2 Å². The van der Waals surface area contributed by atoms with Gasteiger partial charge in [0.15, 0.2) is 0 Å². The van der Waals surface area contributed by atoms with E-state index in [1.54, 1.807) is 28.6 Å². The standard InChI is InChI=1S/C17H22N4O3S2/c1-11-5-7-12(8-6-11)26(23,24)20-16(22)18-15-13-9-25-10-14(13)19-21(15)17(2,3)4/h5-8H,9-10H2,1-4H3,(H2,18,20,22). The van der Waals surface area contributed by atoms with E-state index in [1.165, 1.54) is 12.1 Å². The molecule has 3 rings (SSSR count). The quantitative estimate of drug-likeness (QED) is 0.834. The predicted molar refractivity (Wildman–Crippen MR) is 103 cm³/mol. The molecule has 1 aliphatic heterocycles. The fourth-order valence-corrected chi connectivity index (χ4v) is 4.60. The number of aryl methyl sites for hydroxylation is 1. The number of carbonyl (C=O) groups excluding carboxylic acids is 1. The van der Waals surface area contributed by atoms with Crippen molar-refractivity contribution in [1.29, 1.82) is 0 Å². The highest BCUT2D eigenvalue weighted by Crippen LogP contribution is 2.37. The third-order valence-electron chi connectivity index (χ3n) is 3.98. The maximum Gasteiger partial charge on any atom is 0.334 e. The lowest BCUT2D eigenvalue weighted by Crippen LogP contribution is -2.36. The summed E-state index contributed by atoms with van der Waals surface area (Å²) in [6.45, 7) is 7.81. The molecule has 2 N–H and O–H groups in total. The summed E-state index contributed by atoms with van der Waals surface area (Å²) in [4.78, 5) is 12.4. The van der Waals surface area contributed by atoms with Crippen LogP contribution in [0.1, 0.15) is 37.6 Å². The Morgan fingerprint density at radius 3 is 2.46 bits per heavy atom. The van der Waals surface area contributed by atoms with Gasteiger partial charge in [-0.25, -0.2) is 22.6 Å². The Labute approximate surface area is 157 Å². The van der Waals surface area contributed by atoms with Gasteiger partial charge >= 0.3 is 6.03 Å². The number of hydrogen-bond donors (Lipinski definition) is 2. The number of nitrogens with zero attached hydrogens (tertiary/aromatic N) is 2. The van der Waals surface area contributed by atoms with Crippen molar-refractivity contribution in [3.63, 3.8) is 0 Å². The zero-order valence-electron chi connectivity index (χ0n) is 15.2. The van der Waals surface area contributed by atoms with Gasteiger partial charge in [0.1, 0.15) is 5.82 Å². The molecular weight excluding hydrogens is 372 g/mol. The fraction of sp³-hybridized carbons (Fsp3) is 0.412. The zero-order valence-corrected chi connectivity index (χ0v) is 16.8. The number of benzene rings is 1. The molecular formula is C17H22N4O3S2. The average molecular weight is 395 g/mol. The highest BCUT2D eigenvalue weighted by molar-refractivity contribution is 7.98. The van der Waals surface area contributed by atoms with Gasteiger partial charge in [0, 0.05) is 17.1 Å². The first-order valence-corrected chi connectivity index (χ1v) is 10.8. The van der Waals surface area contributed by atoms with Crippen LogP contribution in [0.3, 0.4) is 0 Å². The highest BCUT2D eigenvalue weighted by atomic mass is 32.2. The lowest BCUT2D eigenvalue weighted by atomic mass is 10.1. The summed E-state index contributed by atoms with van der Waals surface area (Å²) in [5.41, 5.74) is 2.48. The first kappa shape index (κ1) is 18.8. The molecule has 2 heterocycles. The van der Waals surface area contributed by atoms with Crippen LogP contribution in [0.15, 0.2) is 29.2 Å². The van der Waals surface area contributed by atoms with E-state index in [-0.39, 0.29) is 10.4 Å². The second kappa shape index (κ2) is 6.62. The molecule has 2 aromatic rings. The van der Waals surface area contributed by atoms with Crippen molar-refractivity contribution in [2.45, 2.75) is 49.6 Å². The minimum atomic E-state index is -3.94. The second-order valence-electron chi connectivity index (χ2n) is 7.22. The number of sulfonamides is 1. The van der Waals surface area contributed by atoms with Crippen LogP contribution in [0.2, 0.25) is 0 Å². The number of anilines is 1. The van der Waals surface area contributed by atoms with E-state index in [1.807, 2.05) is 27.7 Å². The molecule has 7 nitrogen and oxygen atoms in total. The van der Waals surface area contributed by atoms with E-state index in [0.717, 1.165) is 28.3 Å². The van der Waals surface area contributed by atoms with Crippen molar-refractivity contribution in [2.24, 2.45) is 0 Å². The summed E-state index contributed by atoms with van der Waals surface area (Å²) >= 11 is 1.72. The molecule has 0 atom stereocenters. The molecule has 1 aromatic carbocycles. The predicted octanol–water partition coefficient (Wildman–Crippen LogP) is 3.20. The lowest BCUT2D eigenvalue weighted by molar-refractivity contribution is 0.256. The molecule has 0 fully saturated rings. The third kappa shape index (κ3) is 3.73. The first-order valence-electron chi connectivity index (χ1n) is 8.17. The Kier molecular flexibility index (Phi) is 4.78. The van der Waals surface area contributed by atoms with Gasteiger partial charge in [0.25, 0.3) is 10.0 Å². The van der Waals surface area contributed by atoms with Crippen LogP contribution < -0.4 is 10.0 Å². The molecule has 140 valence electrons. The van der Waals surface area contributed by atoms with Crippen molar-refractivity contribution < 1.29 is 13.2 Å². The van der Waals surface area contributed by atoms with Crippen molar-refractivity contribution in [1.82, 2.24) is 14.5 Å². The summed E-state index contributed by atoms with van der Waals surface area (Å²) in [6.07, 6.45) is 0. The monoisotopic (exact) mass is 394 g/mol. The smallest absolute Gasteiger partial charge is 0.291 e. The topological polar surface area (TPSA) is 93.1 Å². The summed E-state index contributed by atoms with van der Waals surface area (Å²) in [5, 5.41) is 7.28. The van der Waals surface area contributed by atoms with E-state index in [9.17, 15) is 13.2 Å². The average Bonchev–Trinajstić information content (AvgIpc) is 3.09. The molecule has 26 heavy (non-hydrogen) atoms. The maximum atomic E-state index is 12.4. The Morgan fingerprint density at radius 2 is 1.85 bits per heavy atom. The van der Waals surface area contributed by atoms with Gasteiger partial charge < -0.3 is 0 Å². The van der Waals surface area contributed by atoms with Crippen LogP contribution in [0.25, 0.3) is 0 Å². The molecule has 0 unspecified atom stereocenters. The zero-order chi connectivity index (χ0) is 19.1. The summed E-state index contributed by atoms with van der Waals surface area (Å²) < 4.78 is 28.6. The Hall–Kier alpha value is -2.00. The van der Waals surface area contributed by atoms with Crippen LogP contribution >= 0.6 is 11.8 Å². The van der Waals surface area contributed by atoms with Crippen LogP contribution in [-0.2, 0) is 27.1 Å². The maximum absolute atomic E-state index is 12.4. The van der Waals surface area contributed by atoms with Gasteiger partial charge in [-0.05, 0) is 39.8 Å². The van der Waals surface area contributed by atoms with E-state index in [2.05, 4.69) is 15.1 Å². The number of urea groups is 1. The Balaban J connectivity index is 1.84. The second-order valence-corrected chi connectivity index (χ2v) is 9.89. The molecule has 0 spiro atoms. The van der Waals surface area contributed by atoms with Gasteiger partial charge in [-0.3, -0.25) is 5.32 Å².